The largest absolute Gasteiger partial charge is 0.495 e. The van der Waals surface area contributed by atoms with Crippen LogP contribution in [0.1, 0.15) is 0 Å². The molecule has 4 amide bonds. The number of ether oxygens (including phenoxy) is 1. The molecule has 0 aromatic heterocycles. The Morgan fingerprint density at radius 1 is 0.966 bits per heavy atom. The summed E-state index contributed by atoms with van der Waals surface area (Å²) in [5.74, 6) is -2.30. The number of anilines is 1. The maximum Gasteiger partial charge on any atom is 0.335 e. The van der Waals surface area contributed by atoms with E-state index in [1.54, 1.807) is 30.3 Å². The van der Waals surface area contributed by atoms with Gasteiger partial charge in [0, 0.05) is 11.6 Å². The van der Waals surface area contributed by atoms with E-state index in [-0.39, 0.29) is 5.69 Å². The summed E-state index contributed by atoms with van der Waals surface area (Å²) in [7, 11) is 1.44. The van der Waals surface area contributed by atoms with Gasteiger partial charge in [0.05, 0.1) is 18.5 Å². The Morgan fingerprint density at radius 3 is 2.52 bits per heavy atom. The second-order valence-electron chi connectivity index (χ2n) is 6.39. The van der Waals surface area contributed by atoms with Gasteiger partial charge in [-0.25, -0.2) is 9.69 Å². The molecule has 3 aromatic carbocycles. The van der Waals surface area contributed by atoms with Crippen LogP contribution in [0, 0.1) is 5.92 Å². The molecule has 3 aromatic rings. The van der Waals surface area contributed by atoms with Gasteiger partial charge in [-0.05, 0) is 23.6 Å². The molecule has 0 bridgehead atoms. The lowest BCUT2D eigenvalue weighted by atomic mass is 10.1. The number of urea groups is 1. The maximum atomic E-state index is 13.0. The first-order valence-electron chi connectivity index (χ1n) is 8.94. The normalized spacial score (nSPS) is 17.1. The van der Waals surface area contributed by atoms with Gasteiger partial charge < -0.3 is 4.74 Å². The van der Waals surface area contributed by atoms with Crippen LogP contribution in [0.4, 0.5) is 16.2 Å². The molecule has 0 unspecified atom stereocenters. The van der Waals surface area contributed by atoms with Crippen molar-refractivity contribution >= 4 is 46.2 Å². The molecule has 1 heterocycles. The van der Waals surface area contributed by atoms with Crippen molar-refractivity contribution in [3.63, 3.8) is 0 Å². The third kappa shape index (κ3) is 3.34. The summed E-state index contributed by atoms with van der Waals surface area (Å²) in [4.78, 5) is 43.0. The van der Waals surface area contributed by atoms with Crippen LogP contribution in [0.15, 0.2) is 71.7 Å². The number of hydrogen-bond donors (Lipinski definition) is 1. The summed E-state index contributed by atoms with van der Waals surface area (Å²) in [6, 6.07) is 19.1. The number of aliphatic imine (C=N–C) groups is 1. The molecular formula is C22H17N3O4. The van der Waals surface area contributed by atoms with E-state index in [2.05, 4.69) is 10.3 Å². The van der Waals surface area contributed by atoms with Gasteiger partial charge in [0.15, 0.2) is 5.92 Å². The number of para-hydroxylation sites is 2. The number of imide groups is 2. The summed E-state index contributed by atoms with van der Waals surface area (Å²) in [6.07, 6.45) is 1.27. The molecule has 4 rings (SSSR count). The van der Waals surface area contributed by atoms with Crippen LogP contribution in [-0.2, 0) is 9.59 Å². The van der Waals surface area contributed by atoms with E-state index in [4.69, 9.17) is 4.74 Å². The van der Waals surface area contributed by atoms with Crippen molar-refractivity contribution in [2.75, 3.05) is 12.0 Å². The number of fused-ring (bicyclic) bond motifs is 1. The predicted molar refractivity (Wildman–Crippen MR) is 110 cm³/mol. The van der Waals surface area contributed by atoms with Gasteiger partial charge in [-0.1, -0.05) is 48.5 Å². The quantitative estimate of drug-likeness (QED) is 0.549. The number of barbiturate groups is 1. The Kier molecular flexibility index (Phi) is 4.78. The monoisotopic (exact) mass is 387 g/mol. The number of hydrogen-bond acceptors (Lipinski definition) is 5. The van der Waals surface area contributed by atoms with Gasteiger partial charge in [0.2, 0.25) is 5.91 Å². The Morgan fingerprint density at radius 2 is 1.69 bits per heavy atom. The van der Waals surface area contributed by atoms with Crippen LogP contribution in [0.3, 0.4) is 0 Å². The third-order valence-corrected chi connectivity index (χ3v) is 4.66. The summed E-state index contributed by atoms with van der Waals surface area (Å²) in [5.41, 5.74) is 0.887. The first-order chi connectivity index (χ1) is 14.1. The summed E-state index contributed by atoms with van der Waals surface area (Å²) >= 11 is 0. The zero-order chi connectivity index (χ0) is 20.4. The Labute approximate surface area is 166 Å². The second kappa shape index (κ2) is 7.55. The molecular weight excluding hydrogens is 370 g/mol. The SMILES string of the molecule is COc1ccccc1N1C(=O)NC(=O)[C@H](C=Nc2cccc3ccccc23)C1=O. The van der Waals surface area contributed by atoms with E-state index in [1.807, 2.05) is 36.4 Å². The van der Waals surface area contributed by atoms with E-state index >= 15 is 0 Å². The van der Waals surface area contributed by atoms with E-state index in [0.29, 0.717) is 11.4 Å². The molecule has 1 N–H and O–H groups in total. The Bertz CT molecular complexity index is 1150. The molecule has 1 atom stereocenters. The predicted octanol–water partition coefficient (Wildman–Crippen LogP) is 3.45. The van der Waals surface area contributed by atoms with Crippen molar-refractivity contribution < 1.29 is 19.1 Å². The lowest BCUT2D eigenvalue weighted by Crippen LogP contribution is -2.58. The fourth-order valence-corrected chi connectivity index (χ4v) is 3.24. The van der Waals surface area contributed by atoms with Crippen molar-refractivity contribution in [1.82, 2.24) is 5.32 Å². The fraction of sp³-hybridized carbons (Fsp3) is 0.0909. The number of carbonyl (C=O) groups excluding carboxylic acids is 3. The molecule has 1 aliphatic heterocycles. The maximum absolute atomic E-state index is 13.0. The van der Waals surface area contributed by atoms with Crippen LogP contribution < -0.4 is 15.0 Å². The molecule has 7 heteroatoms. The van der Waals surface area contributed by atoms with Gasteiger partial charge in [-0.2, -0.15) is 0 Å². The third-order valence-electron chi connectivity index (χ3n) is 4.66. The minimum Gasteiger partial charge on any atom is -0.495 e. The van der Waals surface area contributed by atoms with Crippen molar-refractivity contribution in [1.29, 1.82) is 0 Å². The van der Waals surface area contributed by atoms with Crippen molar-refractivity contribution in [3.8, 4) is 5.75 Å². The molecule has 7 nitrogen and oxygen atoms in total. The van der Waals surface area contributed by atoms with E-state index in [9.17, 15) is 14.4 Å². The molecule has 1 aliphatic rings. The van der Waals surface area contributed by atoms with Crippen LogP contribution in [0.2, 0.25) is 0 Å². The zero-order valence-corrected chi connectivity index (χ0v) is 15.5. The molecule has 0 radical (unpaired) electrons. The highest BCUT2D eigenvalue weighted by Crippen LogP contribution is 2.31. The second-order valence-corrected chi connectivity index (χ2v) is 6.39. The summed E-state index contributed by atoms with van der Waals surface area (Å²) in [6.45, 7) is 0. The highest BCUT2D eigenvalue weighted by molar-refractivity contribution is 6.33. The Hall–Kier alpha value is -4.00. The number of rotatable bonds is 4. The molecule has 0 saturated carbocycles. The zero-order valence-electron chi connectivity index (χ0n) is 15.5. The number of carbonyl (C=O) groups is 3. The van der Waals surface area contributed by atoms with Gasteiger partial charge in [0.1, 0.15) is 5.75 Å². The number of nitrogens with one attached hydrogen (secondary N) is 1. The summed E-state index contributed by atoms with van der Waals surface area (Å²) < 4.78 is 5.24. The van der Waals surface area contributed by atoms with Crippen molar-refractivity contribution in [2.24, 2.45) is 10.9 Å². The Balaban J connectivity index is 1.70. The summed E-state index contributed by atoms with van der Waals surface area (Å²) in [5, 5.41) is 4.10. The average Bonchev–Trinajstić information content (AvgIpc) is 2.74. The number of methoxy groups -OCH3 is 1. The smallest absolute Gasteiger partial charge is 0.335 e. The van der Waals surface area contributed by atoms with Crippen molar-refractivity contribution in [3.05, 3.63) is 66.7 Å². The van der Waals surface area contributed by atoms with E-state index < -0.39 is 23.8 Å². The topological polar surface area (TPSA) is 88.1 Å². The van der Waals surface area contributed by atoms with Gasteiger partial charge >= 0.3 is 6.03 Å². The van der Waals surface area contributed by atoms with Crippen LogP contribution >= 0.6 is 0 Å². The van der Waals surface area contributed by atoms with Crippen LogP contribution in [0.25, 0.3) is 10.8 Å². The molecule has 1 saturated heterocycles. The van der Waals surface area contributed by atoms with Gasteiger partial charge in [-0.15, -0.1) is 0 Å². The standard InChI is InChI=1S/C22H17N3O4/c1-29-19-12-5-4-11-18(19)25-21(27)16(20(26)24-22(25)28)13-23-17-10-6-8-14-7-2-3-9-15(14)17/h2-13,16H,1H3,(H,24,26,28)/t16-/m0/s1. The van der Waals surface area contributed by atoms with Gasteiger partial charge in [0.25, 0.3) is 5.91 Å². The number of benzene rings is 3. The number of amides is 4. The molecule has 144 valence electrons. The highest BCUT2D eigenvalue weighted by Gasteiger charge is 2.41. The van der Waals surface area contributed by atoms with Crippen molar-refractivity contribution in [2.45, 2.75) is 0 Å². The van der Waals surface area contributed by atoms with Gasteiger partial charge in [-0.3, -0.25) is 19.9 Å². The molecule has 29 heavy (non-hydrogen) atoms. The molecule has 1 fully saturated rings. The lowest BCUT2D eigenvalue weighted by Gasteiger charge is -2.29. The lowest BCUT2D eigenvalue weighted by molar-refractivity contribution is -0.131. The molecule has 0 spiro atoms. The van der Waals surface area contributed by atoms with Crippen LogP contribution in [0.5, 0.6) is 5.75 Å². The fourth-order valence-electron chi connectivity index (χ4n) is 3.24. The minimum absolute atomic E-state index is 0.258. The molecule has 0 aliphatic carbocycles. The highest BCUT2D eigenvalue weighted by atomic mass is 16.5. The minimum atomic E-state index is -1.24. The average molecular weight is 387 g/mol. The first-order valence-corrected chi connectivity index (χ1v) is 8.94. The number of nitrogens with zero attached hydrogens (tertiary/aromatic N) is 2. The van der Waals surface area contributed by atoms with E-state index in [1.165, 1.54) is 13.3 Å². The first kappa shape index (κ1) is 18.4. The van der Waals surface area contributed by atoms with Crippen LogP contribution in [-0.4, -0.2) is 31.2 Å². The van der Waals surface area contributed by atoms with E-state index in [0.717, 1.165) is 15.7 Å².